The summed E-state index contributed by atoms with van der Waals surface area (Å²) in [6, 6.07) is 17.4. The molecule has 0 radical (unpaired) electrons. The zero-order valence-corrected chi connectivity index (χ0v) is 16.3. The van der Waals surface area contributed by atoms with Gasteiger partial charge in [-0.05, 0) is 67.1 Å². The maximum absolute atomic E-state index is 13.5. The summed E-state index contributed by atoms with van der Waals surface area (Å²) in [6.45, 7) is 1.56. The summed E-state index contributed by atoms with van der Waals surface area (Å²) in [5.41, 5.74) is 2.05. The number of nitrogens with one attached hydrogen (secondary N) is 2. The molecular weight excluding hydrogens is 395 g/mol. The Kier molecular flexibility index (Phi) is 6.46. The molecule has 0 aliphatic rings. The molecule has 0 fully saturated rings. The molecule has 0 aliphatic carbocycles. The Morgan fingerprint density at radius 2 is 1.69 bits per heavy atom. The highest BCUT2D eigenvalue weighted by molar-refractivity contribution is 6.30. The summed E-state index contributed by atoms with van der Waals surface area (Å²) < 4.78 is 18.9. The zero-order chi connectivity index (χ0) is 20.8. The van der Waals surface area contributed by atoms with E-state index in [2.05, 4.69) is 10.6 Å². The van der Waals surface area contributed by atoms with Crippen LogP contribution in [0.15, 0.2) is 66.7 Å². The molecule has 3 rings (SSSR count). The van der Waals surface area contributed by atoms with Crippen LogP contribution in [0.1, 0.15) is 15.9 Å². The molecule has 3 aromatic carbocycles. The maximum atomic E-state index is 13.5. The predicted octanol–water partition coefficient (Wildman–Crippen LogP) is 5.06. The lowest BCUT2D eigenvalue weighted by Gasteiger charge is -2.10. The molecule has 7 heteroatoms. The van der Waals surface area contributed by atoms with Crippen LogP contribution in [0, 0.1) is 12.7 Å². The number of halogens is 2. The van der Waals surface area contributed by atoms with E-state index >= 15 is 0 Å². The third-order valence-corrected chi connectivity index (χ3v) is 4.31. The molecule has 0 heterocycles. The largest absolute Gasteiger partial charge is 0.484 e. The van der Waals surface area contributed by atoms with Crippen molar-refractivity contribution in [2.24, 2.45) is 0 Å². The first-order chi connectivity index (χ1) is 13.9. The fourth-order valence-electron chi connectivity index (χ4n) is 2.56. The van der Waals surface area contributed by atoms with Crippen LogP contribution in [0.5, 0.6) is 5.75 Å². The molecule has 29 heavy (non-hydrogen) atoms. The molecule has 0 saturated heterocycles. The van der Waals surface area contributed by atoms with Crippen LogP contribution in [-0.4, -0.2) is 18.4 Å². The van der Waals surface area contributed by atoms with E-state index in [0.29, 0.717) is 22.0 Å². The SMILES string of the molecule is Cc1cc(Cl)ccc1NC(=O)c1ccc(OCC(=O)Nc2ccccc2F)cc1. The molecule has 0 aliphatic heterocycles. The van der Waals surface area contributed by atoms with E-state index in [0.717, 1.165) is 5.56 Å². The Hall–Kier alpha value is -3.38. The number of carbonyl (C=O) groups is 2. The second-order valence-corrected chi connectivity index (χ2v) is 6.69. The molecule has 148 valence electrons. The minimum Gasteiger partial charge on any atom is -0.484 e. The lowest BCUT2D eigenvalue weighted by Crippen LogP contribution is -2.20. The molecule has 5 nitrogen and oxygen atoms in total. The number of ether oxygens (including phenoxy) is 1. The van der Waals surface area contributed by atoms with Gasteiger partial charge in [0, 0.05) is 16.3 Å². The van der Waals surface area contributed by atoms with Crippen molar-refractivity contribution in [3.05, 3.63) is 88.7 Å². The van der Waals surface area contributed by atoms with Gasteiger partial charge in [0.2, 0.25) is 0 Å². The van der Waals surface area contributed by atoms with Gasteiger partial charge in [0.1, 0.15) is 11.6 Å². The Balaban J connectivity index is 1.55. The third-order valence-electron chi connectivity index (χ3n) is 4.07. The van der Waals surface area contributed by atoms with Crippen LogP contribution in [-0.2, 0) is 4.79 Å². The number of carbonyl (C=O) groups excluding carboxylic acids is 2. The first kappa shape index (κ1) is 20.4. The van der Waals surface area contributed by atoms with Gasteiger partial charge in [0.25, 0.3) is 11.8 Å². The second-order valence-electron chi connectivity index (χ2n) is 6.25. The summed E-state index contributed by atoms with van der Waals surface area (Å²) in [5, 5.41) is 5.85. The molecule has 3 aromatic rings. The first-order valence-corrected chi connectivity index (χ1v) is 9.15. The number of hydrogen-bond donors (Lipinski definition) is 2. The van der Waals surface area contributed by atoms with Gasteiger partial charge in [-0.2, -0.15) is 0 Å². The predicted molar refractivity (Wildman–Crippen MR) is 111 cm³/mol. The average molecular weight is 413 g/mol. The van der Waals surface area contributed by atoms with E-state index in [-0.39, 0.29) is 18.2 Å². The van der Waals surface area contributed by atoms with Crippen molar-refractivity contribution in [3.63, 3.8) is 0 Å². The number of benzene rings is 3. The lowest BCUT2D eigenvalue weighted by atomic mass is 10.1. The van der Waals surface area contributed by atoms with E-state index < -0.39 is 11.7 Å². The summed E-state index contributed by atoms with van der Waals surface area (Å²) in [6.07, 6.45) is 0. The van der Waals surface area contributed by atoms with Crippen molar-refractivity contribution in [1.82, 2.24) is 0 Å². The van der Waals surface area contributed by atoms with Gasteiger partial charge in [-0.3, -0.25) is 9.59 Å². The standard InChI is InChI=1S/C22H18ClFN2O3/c1-14-12-16(23)8-11-19(14)26-22(28)15-6-9-17(10-7-15)29-13-21(27)25-20-5-3-2-4-18(20)24/h2-12H,13H2,1H3,(H,25,27)(H,26,28). The van der Waals surface area contributed by atoms with Gasteiger partial charge >= 0.3 is 0 Å². The number of amides is 2. The van der Waals surface area contributed by atoms with Crippen LogP contribution < -0.4 is 15.4 Å². The summed E-state index contributed by atoms with van der Waals surface area (Å²) in [7, 11) is 0. The van der Waals surface area contributed by atoms with Crippen LogP contribution >= 0.6 is 11.6 Å². The molecule has 0 bridgehead atoms. The van der Waals surface area contributed by atoms with E-state index in [1.54, 1.807) is 48.5 Å². The summed E-state index contributed by atoms with van der Waals surface area (Å²) >= 11 is 5.92. The molecular formula is C22H18ClFN2O3. The van der Waals surface area contributed by atoms with Gasteiger partial charge in [0.15, 0.2) is 6.61 Å². The van der Waals surface area contributed by atoms with Gasteiger partial charge in [-0.15, -0.1) is 0 Å². The highest BCUT2D eigenvalue weighted by Gasteiger charge is 2.10. The Morgan fingerprint density at radius 1 is 0.966 bits per heavy atom. The fraction of sp³-hybridized carbons (Fsp3) is 0.0909. The smallest absolute Gasteiger partial charge is 0.262 e. The highest BCUT2D eigenvalue weighted by Crippen LogP contribution is 2.21. The van der Waals surface area contributed by atoms with Crippen molar-refractivity contribution >= 4 is 34.8 Å². The summed E-state index contributed by atoms with van der Waals surface area (Å²) in [5.74, 6) is -0.880. The maximum Gasteiger partial charge on any atom is 0.262 e. The van der Waals surface area contributed by atoms with Crippen LogP contribution in [0.4, 0.5) is 15.8 Å². The number of aryl methyl sites for hydroxylation is 1. The van der Waals surface area contributed by atoms with E-state index in [1.165, 1.54) is 18.2 Å². The van der Waals surface area contributed by atoms with Crippen LogP contribution in [0.3, 0.4) is 0 Å². The molecule has 0 saturated carbocycles. The van der Waals surface area contributed by atoms with E-state index in [9.17, 15) is 14.0 Å². The second kappa shape index (κ2) is 9.21. The molecule has 0 atom stereocenters. The molecule has 2 N–H and O–H groups in total. The number of para-hydroxylation sites is 1. The average Bonchev–Trinajstić information content (AvgIpc) is 2.70. The zero-order valence-electron chi connectivity index (χ0n) is 15.5. The van der Waals surface area contributed by atoms with Crippen molar-refractivity contribution in [2.75, 3.05) is 17.2 Å². The minimum atomic E-state index is -0.521. The van der Waals surface area contributed by atoms with Crippen LogP contribution in [0.2, 0.25) is 5.02 Å². The molecule has 2 amide bonds. The molecule has 0 unspecified atom stereocenters. The summed E-state index contributed by atoms with van der Waals surface area (Å²) in [4.78, 5) is 24.3. The quantitative estimate of drug-likeness (QED) is 0.594. The van der Waals surface area contributed by atoms with Crippen LogP contribution in [0.25, 0.3) is 0 Å². The Bertz CT molecular complexity index is 1040. The number of anilines is 2. The topological polar surface area (TPSA) is 67.4 Å². The highest BCUT2D eigenvalue weighted by atomic mass is 35.5. The number of rotatable bonds is 6. The normalized spacial score (nSPS) is 10.3. The van der Waals surface area contributed by atoms with Gasteiger partial charge in [-0.1, -0.05) is 23.7 Å². The van der Waals surface area contributed by atoms with Crippen molar-refractivity contribution in [3.8, 4) is 5.75 Å². The van der Waals surface area contributed by atoms with Crippen molar-refractivity contribution < 1.29 is 18.7 Å². The van der Waals surface area contributed by atoms with E-state index in [4.69, 9.17) is 16.3 Å². The van der Waals surface area contributed by atoms with Crippen molar-refractivity contribution in [2.45, 2.75) is 6.92 Å². The van der Waals surface area contributed by atoms with Gasteiger partial charge in [0.05, 0.1) is 5.69 Å². The Morgan fingerprint density at radius 3 is 2.38 bits per heavy atom. The third kappa shape index (κ3) is 5.56. The molecule has 0 aromatic heterocycles. The number of hydrogen-bond acceptors (Lipinski definition) is 3. The van der Waals surface area contributed by atoms with Gasteiger partial charge < -0.3 is 15.4 Å². The monoisotopic (exact) mass is 412 g/mol. The van der Waals surface area contributed by atoms with Crippen molar-refractivity contribution in [1.29, 1.82) is 0 Å². The lowest BCUT2D eigenvalue weighted by molar-refractivity contribution is -0.118. The van der Waals surface area contributed by atoms with Gasteiger partial charge in [-0.25, -0.2) is 4.39 Å². The minimum absolute atomic E-state index is 0.0885. The molecule has 0 spiro atoms. The Labute approximate surface area is 172 Å². The first-order valence-electron chi connectivity index (χ1n) is 8.77. The van der Waals surface area contributed by atoms with E-state index in [1.807, 2.05) is 6.92 Å². The fourth-order valence-corrected chi connectivity index (χ4v) is 2.79.